The van der Waals surface area contributed by atoms with Crippen molar-refractivity contribution >= 4 is 11.9 Å². The van der Waals surface area contributed by atoms with Crippen LogP contribution in [-0.4, -0.2) is 40.9 Å². The van der Waals surface area contributed by atoms with Gasteiger partial charge in [-0.3, -0.25) is 4.79 Å². The summed E-state index contributed by atoms with van der Waals surface area (Å²) >= 11 is 0. The second-order valence-electron chi connectivity index (χ2n) is 3.54. The van der Waals surface area contributed by atoms with Crippen molar-refractivity contribution in [3.8, 4) is 11.5 Å². The number of aliphatic carboxylic acids is 1. The summed E-state index contributed by atoms with van der Waals surface area (Å²) in [6.45, 7) is -0.256. The van der Waals surface area contributed by atoms with Crippen LogP contribution in [0.3, 0.4) is 0 Å². The van der Waals surface area contributed by atoms with Gasteiger partial charge in [-0.25, -0.2) is 4.79 Å². The van der Waals surface area contributed by atoms with Gasteiger partial charge < -0.3 is 25.8 Å². The Morgan fingerprint density at radius 1 is 1.39 bits per heavy atom. The van der Waals surface area contributed by atoms with Crippen LogP contribution in [0.2, 0.25) is 0 Å². The van der Waals surface area contributed by atoms with E-state index in [-0.39, 0.29) is 29.2 Å². The summed E-state index contributed by atoms with van der Waals surface area (Å²) in [6.07, 6.45) is 0. The van der Waals surface area contributed by atoms with Crippen LogP contribution < -0.4 is 10.5 Å². The van der Waals surface area contributed by atoms with Crippen molar-refractivity contribution < 1.29 is 29.6 Å². The van der Waals surface area contributed by atoms with Crippen LogP contribution in [0.4, 0.5) is 0 Å². The van der Waals surface area contributed by atoms with Crippen LogP contribution in [0, 0.1) is 0 Å². The first-order valence-corrected chi connectivity index (χ1v) is 4.99. The monoisotopic (exact) mass is 255 g/mol. The molecule has 1 atom stereocenters. The maximum atomic E-state index is 11.0. The molecule has 0 spiro atoms. The summed E-state index contributed by atoms with van der Waals surface area (Å²) in [4.78, 5) is 21.9. The zero-order chi connectivity index (χ0) is 13.9. The first kappa shape index (κ1) is 13.8. The van der Waals surface area contributed by atoms with Gasteiger partial charge in [-0.1, -0.05) is 0 Å². The van der Waals surface area contributed by atoms with E-state index in [9.17, 15) is 14.7 Å². The second kappa shape index (κ2) is 5.37. The molecule has 0 aliphatic heterocycles. The molecule has 7 nitrogen and oxygen atoms in total. The molecule has 0 aliphatic rings. The van der Waals surface area contributed by atoms with Crippen molar-refractivity contribution in [2.75, 3.05) is 13.7 Å². The first-order valence-electron chi connectivity index (χ1n) is 4.99. The number of hydrogen-bond acceptors (Lipinski definition) is 5. The lowest BCUT2D eigenvalue weighted by Gasteiger charge is -2.14. The van der Waals surface area contributed by atoms with Gasteiger partial charge in [0.1, 0.15) is 17.1 Å². The number of phenolic OH excluding ortho intramolecular Hbond substituents is 1. The quantitative estimate of drug-likeness (QED) is 0.592. The number of rotatable bonds is 5. The number of ether oxygens (including phenoxy) is 1. The zero-order valence-electron chi connectivity index (χ0n) is 9.58. The van der Waals surface area contributed by atoms with E-state index >= 15 is 0 Å². The fourth-order valence-electron chi connectivity index (χ4n) is 1.56. The molecule has 5 N–H and O–H groups in total. The number of aromatic hydroxyl groups is 1. The number of hydrogen-bond donors (Lipinski definition) is 4. The van der Waals surface area contributed by atoms with E-state index in [1.165, 1.54) is 7.11 Å². The van der Waals surface area contributed by atoms with Crippen LogP contribution in [0.1, 0.15) is 21.8 Å². The summed E-state index contributed by atoms with van der Waals surface area (Å²) in [5.74, 6) is -4.11. The number of benzene rings is 1. The smallest absolute Gasteiger partial charge is 0.339 e. The van der Waals surface area contributed by atoms with Crippen LogP contribution in [0.5, 0.6) is 11.5 Å². The Morgan fingerprint density at radius 3 is 2.39 bits per heavy atom. The fourth-order valence-corrected chi connectivity index (χ4v) is 1.56. The number of methoxy groups -OCH3 is 1. The Balaban J connectivity index is 3.41. The summed E-state index contributed by atoms with van der Waals surface area (Å²) in [6, 6.07) is 2.12. The Labute approximate surface area is 102 Å². The lowest BCUT2D eigenvalue weighted by atomic mass is 9.96. The average molecular weight is 255 g/mol. The molecule has 0 aliphatic carbocycles. The summed E-state index contributed by atoms with van der Waals surface area (Å²) in [5.41, 5.74) is 5.02. The van der Waals surface area contributed by atoms with Crippen molar-refractivity contribution in [3.63, 3.8) is 0 Å². The minimum absolute atomic E-state index is 0.0510. The Morgan fingerprint density at radius 2 is 2.00 bits per heavy atom. The van der Waals surface area contributed by atoms with E-state index in [4.69, 9.17) is 20.7 Å². The number of aromatic carboxylic acids is 1. The standard InChI is InChI=1S/C11H13NO6/c1-18-9-3-8(13)5(2-6(9)10(14)15)7(4-12)11(16)17/h2-3,7,13H,4,12H2,1H3,(H,14,15)(H,16,17). The minimum atomic E-state index is -1.28. The molecule has 0 saturated heterocycles. The lowest BCUT2D eigenvalue weighted by molar-refractivity contribution is -0.138. The molecule has 0 bridgehead atoms. The van der Waals surface area contributed by atoms with E-state index in [2.05, 4.69) is 0 Å². The molecule has 0 aromatic heterocycles. The highest BCUT2D eigenvalue weighted by atomic mass is 16.5. The summed E-state index contributed by atoms with van der Waals surface area (Å²) < 4.78 is 4.80. The van der Waals surface area contributed by atoms with Crippen LogP contribution in [0.25, 0.3) is 0 Å². The molecule has 0 radical (unpaired) electrons. The van der Waals surface area contributed by atoms with Crippen molar-refractivity contribution in [3.05, 3.63) is 23.3 Å². The molecule has 0 amide bonds. The van der Waals surface area contributed by atoms with E-state index in [0.29, 0.717) is 0 Å². The van der Waals surface area contributed by atoms with E-state index in [1.54, 1.807) is 0 Å². The predicted octanol–water partition coefficient (Wildman–Crippen LogP) is 0.226. The molecule has 0 heterocycles. The van der Waals surface area contributed by atoms with Gasteiger partial charge in [-0.2, -0.15) is 0 Å². The number of nitrogens with two attached hydrogens (primary N) is 1. The Kier molecular flexibility index (Phi) is 4.11. The van der Waals surface area contributed by atoms with Gasteiger partial charge in [-0.15, -0.1) is 0 Å². The maximum absolute atomic E-state index is 11.0. The summed E-state index contributed by atoms with van der Waals surface area (Å²) in [7, 11) is 1.25. The van der Waals surface area contributed by atoms with Gasteiger partial charge in [0.05, 0.1) is 13.0 Å². The van der Waals surface area contributed by atoms with Gasteiger partial charge in [0, 0.05) is 18.2 Å². The highest BCUT2D eigenvalue weighted by Gasteiger charge is 2.25. The van der Waals surface area contributed by atoms with Gasteiger partial charge in [0.15, 0.2) is 0 Å². The summed E-state index contributed by atoms with van der Waals surface area (Å²) in [5, 5.41) is 27.6. The van der Waals surface area contributed by atoms with Crippen molar-refractivity contribution in [1.82, 2.24) is 0 Å². The van der Waals surface area contributed by atoms with Gasteiger partial charge in [-0.05, 0) is 6.07 Å². The van der Waals surface area contributed by atoms with Gasteiger partial charge in [0.2, 0.25) is 0 Å². The first-order chi connectivity index (χ1) is 8.42. The van der Waals surface area contributed by atoms with E-state index in [0.717, 1.165) is 12.1 Å². The van der Waals surface area contributed by atoms with Crippen LogP contribution in [-0.2, 0) is 4.79 Å². The Hall–Kier alpha value is -2.28. The number of carbonyl (C=O) groups is 2. The number of carboxylic acids is 2. The SMILES string of the molecule is COc1cc(O)c(C(CN)C(=O)O)cc1C(=O)O. The minimum Gasteiger partial charge on any atom is -0.508 e. The van der Waals surface area contributed by atoms with Crippen molar-refractivity contribution in [2.45, 2.75) is 5.92 Å². The molecule has 1 aromatic carbocycles. The van der Waals surface area contributed by atoms with Gasteiger partial charge in [0.25, 0.3) is 0 Å². The van der Waals surface area contributed by atoms with E-state index < -0.39 is 17.9 Å². The third-order valence-corrected chi connectivity index (χ3v) is 2.49. The Bertz CT molecular complexity index is 485. The average Bonchev–Trinajstić information content (AvgIpc) is 2.30. The molecule has 0 fully saturated rings. The van der Waals surface area contributed by atoms with Crippen LogP contribution >= 0.6 is 0 Å². The highest BCUT2D eigenvalue weighted by molar-refractivity contribution is 5.92. The predicted molar refractivity (Wildman–Crippen MR) is 61.0 cm³/mol. The molecule has 98 valence electrons. The van der Waals surface area contributed by atoms with E-state index in [1.807, 2.05) is 0 Å². The van der Waals surface area contributed by atoms with Crippen LogP contribution in [0.15, 0.2) is 12.1 Å². The van der Waals surface area contributed by atoms with Gasteiger partial charge >= 0.3 is 11.9 Å². The molecule has 1 aromatic rings. The molecule has 7 heteroatoms. The third kappa shape index (κ3) is 2.51. The highest BCUT2D eigenvalue weighted by Crippen LogP contribution is 2.32. The second-order valence-corrected chi connectivity index (χ2v) is 3.54. The largest absolute Gasteiger partial charge is 0.508 e. The topological polar surface area (TPSA) is 130 Å². The third-order valence-electron chi connectivity index (χ3n) is 2.49. The van der Waals surface area contributed by atoms with Crippen molar-refractivity contribution in [2.24, 2.45) is 5.73 Å². The lowest BCUT2D eigenvalue weighted by Crippen LogP contribution is -2.21. The fraction of sp³-hybridized carbons (Fsp3) is 0.273. The molecule has 1 rings (SSSR count). The maximum Gasteiger partial charge on any atom is 0.339 e. The zero-order valence-corrected chi connectivity index (χ0v) is 9.58. The molecule has 0 saturated carbocycles. The number of carboxylic acid groups (broad SMARTS) is 2. The van der Waals surface area contributed by atoms with Crippen molar-refractivity contribution in [1.29, 1.82) is 0 Å². The molecule has 1 unspecified atom stereocenters. The molecular formula is C11H13NO6. The normalized spacial score (nSPS) is 11.9. The molecular weight excluding hydrogens is 242 g/mol. The number of phenols is 1. The molecule has 18 heavy (non-hydrogen) atoms.